The zero-order valence-corrected chi connectivity index (χ0v) is 17.6. The number of nitrogens with one attached hydrogen (secondary N) is 1. The number of amides is 2. The Morgan fingerprint density at radius 1 is 1.17 bits per heavy atom. The first-order chi connectivity index (χ1) is 13.5. The van der Waals surface area contributed by atoms with Crippen molar-refractivity contribution in [1.82, 2.24) is 4.90 Å². The van der Waals surface area contributed by atoms with Crippen molar-refractivity contribution in [1.29, 1.82) is 0 Å². The maximum atomic E-state index is 13.1. The second kappa shape index (κ2) is 10.3. The molecule has 1 heterocycles. The minimum atomic E-state index is -0.269. The van der Waals surface area contributed by atoms with Crippen LogP contribution in [-0.4, -0.2) is 43.0 Å². The first-order valence-corrected chi connectivity index (χ1v) is 9.59. The van der Waals surface area contributed by atoms with E-state index in [9.17, 15) is 9.59 Å². The van der Waals surface area contributed by atoms with Crippen molar-refractivity contribution >= 4 is 29.9 Å². The molecular weight excluding hydrogens is 390 g/mol. The molecule has 3 N–H and O–H groups in total. The summed E-state index contributed by atoms with van der Waals surface area (Å²) in [5.74, 6) is 0.644. The highest BCUT2D eigenvalue weighted by Crippen LogP contribution is 2.24. The van der Waals surface area contributed by atoms with Crippen LogP contribution in [0.3, 0.4) is 0 Å². The van der Waals surface area contributed by atoms with Gasteiger partial charge in [-0.25, -0.2) is 0 Å². The fraction of sp³-hybridized carbons (Fsp3) is 0.364. The fourth-order valence-electron chi connectivity index (χ4n) is 3.51. The lowest BCUT2D eigenvalue weighted by molar-refractivity contribution is 0.0662. The van der Waals surface area contributed by atoms with Gasteiger partial charge in [-0.2, -0.15) is 0 Å². The molecule has 0 aromatic heterocycles. The quantitative estimate of drug-likeness (QED) is 0.778. The molecule has 156 valence electrons. The molecule has 6 nitrogen and oxygen atoms in total. The van der Waals surface area contributed by atoms with E-state index in [1.165, 1.54) is 0 Å². The van der Waals surface area contributed by atoms with Gasteiger partial charge < -0.3 is 20.7 Å². The molecule has 0 radical (unpaired) electrons. The molecule has 29 heavy (non-hydrogen) atoms. The Bertz CT molecular complexity index is 839. The maximum Gasteiger partial charge on any atom is 0.255 e. The van der Waals surface area contributed by atoms with E-state index < -0.39 is 0 Å². The van der Waals surface area contributed by atoms with Crippen LogP contribution in [0, 0.1) is 5.92 Å². The largest absolute Gasteiger partial charge is 0.497 e. The third-order valence-corrected chi connectivity index (χ3v) is 5.25. The van der Waals surface area contributed by atoms with Gasteiger partial charge in [0.2, 0.25) is 0 Å². The molecule has 2 aromatic carbocycles. The lowest BCUT2D eigenvalue weighted by atomic mass is 9.91. The normalized spacial score (nSPS) is 17.1. The summed E-state index contributed by atoms with van der Waals surface area (Å²) in [7, 11) is 1.58. The summed E-state index contributed by atoms with van der Waals surface area (Å²) in [6.07, 6.45) is 1.98. The van der Waals surface area contributed by atoms with E-state index in [1.54, 1.807) is 49.6 Å². The first kappa shape index (κ1) is 22.7. The lowest BCUT2D eigenvalue weighted by Crippen LogP contribution is -2.45. The van der Waals surface area contributed by atoms with Crippen molar-refractivity contribution in [2.24, 2.45) is 11.7 Å². The fourth-order valence-corrected chi connectivity index (χ4v) is 3.51. The number of carbonyl (C=O) groups is 2. The average molecular weight is 418 g/mol. The van der Waals surface area contributed by atoms with E-state index in [0.29, 0.717) is 41.6 Å². The smallest absolute Gasteiger partial charge is 0.255 e. The topological polar surface area (TPSA) is 84.7 Å². The number of hydrogen-bond acceptors (Lipinski definition) is 4. The second-order valence-electron chi connectivity index (χ2n) is 7.24. The van der Waals surface area contributed by atoms with Crippen LogP contribution in [0.5, 0.6) is 5.75 Å². The number of methoxy groups -OCH3 is 1. The number of nitrogens with two attached hydrogens (primary N) is 1. The number of anilines is 1. The predicted molar refractivity (Wildman–Crippen MR) is 117 cm³/mol. The Hall–Kier alpha value is -2.57. The Kier molecular flexibility index (Phi) is 8.05. The maximum absolute atomic E-state index is 13.1. The summed E-state index contributed by atoms with van der Waals surface area (Å²) in [5, 5.41) is 2.87. The summed E-state index contributed by atoms with van der Waals surface area (Å²) >= 11 is 0. The number of piperidine rings is 1. The van der Waals surface area contributed by atoms with E-state index in [4.69, 9.17) is 10.5 Å². The van der Waals surface area contributed by atoms with Crippen LogP contribution in [0.15, 0.2) is 48.5 Å². The molecule has 0 saturated carbocycles. The standard InChI is InChI=1S/C22H27N3O3.ClH/c1-15(23)17-6-5-13-25(14-17)22(27)19-7-3-4-8-20(19)24-21(26)16-9-11-18(28-2)12-10-16;/h3-4,7-12,15,17H,5-6,13-14,23H2,1-2H3,(H,24,26);1H. The molecule has 0 aliphatic carbocycles. The molecule has 3 rings (SSSR count). The number of benzene rings is 2. The molecule has 2 unspecified atom stereocenters. The molecule has 1 aliphatic rings. The monoisotopic (exact) mass is 417 g/mol. The number of nitrogens with zero attached hydrogens (tertiary/aromatic N) is 1. The third-order valence-electron chi connectivity index (χ3n) is 5.25. The molecule has 0 bridgehead atoms. The van der Waals surface area contributed by atoms with Gasteiger partial charge in [0.05, 0.1) is 18.4 Å². The summed E-state index contributed by atoms with van der Waals surface area (Å²) in [5.41, 5.74) is 7.55. The number of hydrogen-bond donors (Lipinski definition) is 2. The minimum Gasteiger partial charge on any atom is -0.497 e. The van der Waals surface area contributed by atoms with Gasteiger partial charge in [0, 0.05) is 24.7 Å². The van der Waals surface area contributed by atoms with Gasteiger partial charge in [0.15, 0.2) is 0 Å². The van der Waals surface area contributed by atoms with Gasteiger partial charge >= 0.3 is 0 Å². The number of para-hydroxylation sites is 1. The zero-order valence-electron chi connectivity index (χ0n) is 16.8. The van der Waals surface area contributed by atoms with E-state index in [2.05, 4.69) is 5.32 Å². The van der Waals surface area contributed by atoms with Crippen LogP contribution in [0.25, 0.3) is 0 Å². The van der Waals surface area contributed by atoms with Gasteiger partial charge in [-0.1, -0.05) is 12.1 Å². The van der Waals surface area contributed by atoms with E-state index in [1.807, 2.05) is 17.9 Å². The summed E-state index contributed by atoms with van der Waals surface area (Å²) in [4.78, 5) is 27.6. The van der Waals surface area contributed by atoms with Gasteiger partial charge in [0.25, 0.3) is 11.8 Å². The highest BCUT2D eigenvalue weighted by Gasteiger charge is 2.27. The van der Waals surface area contributed by atoms with Gasteiger partial charge in [-0.15, -0.1) is 12.4 Å². The van der Waals surface area contributed by atoms with Crippen LogP contribution in [-0.2, 0) is 0 Å². The summed E-state index contributed by atoms with van der Waals surface area (Å²) < 4.78 is 5.12. The SMILES string of the molecule is COc1ccc(C(=O)Nc2ccccc2C(=O)N2CCCC(C(C)N)C2)cc1.Cl. The van der Waals surface area contributed by atoms with Crippen molar-refractivity contribution in [3.8, 4) is 5.75 Å². The number of ether oxygens (including phenoxy) is 1. The van der Waals surface area contributed by atoms with Crippen molar-refractivity contribution < 1.29 is 14.3 Å². The highest BCUT2D eigenvalue weighted by molar-refractivity contribution is 6.09. The zero-order chi connectivity index (χ0) is 20.1. The number of rotatable bonds is 5. The van der Waals surface area contributed by atoms with Gasteiger partial charge in [-0.05, 0) is 62.1 Å². The Labute approximate surface area is 177 Å². The number of likely N-dealkylation sites (tertiary alicyclic amines) is 1. The molecule has 2 atom stereocenters. The van der Waals surface area contributed by atoms with Gasteiger partial charge in [-0.3, -0.25) is 9.59 Å². The molecule has 1 fully saturated rings. The van der Waals surface area contributed by atoms with Gasteiger partial charge in [0.1, 0.15) is 5.75 Å². The van der Waals surface area contributed by atoms with Crippen LogP contribution in [0.2, 0.25) is 0 Å². The van der Waals surface area contributed by atoms with Crippen LogP contribution >= 0.6 is 12.4 Å². The van der Waals surface area contributed by atoms with E-state index >= 15 is 0 Å². The first-order valence-electron chi connectivity index (χ1n) is 9.59. The molecule has 2 amide bonds. The van der Waals surface area contributed by atoms with Crippen molar-refractivity contribution in [2.75, 3.05) is 25.5 Å². The number of carbonyl (C=O) groups excluding carboxylic acids is 2. The number of halogens is 1. The van der Waals surface area contributed by atoms with E-state index in [-0.39, 0.29) is 30.3 Å². The second-order valence-corrected chi connectivity index (χ2v) is 7.24. The molecule has 2 aromatic rings. The van der Waals surface area contributed by atoms with E-state index in [0.717, 1.165) is 12.8 Å². The molecule has 1 saturated heterocycles. The Balaban J connectivity index is 0.00000300. The van der Waals surface area contributed by atoms with Crippen LogP contribution < -0.4 is 15.8 Å². The average Bonchev–Trinajstić information content (AvgIpc) is 2.73. The van der Waals surface area contributed by atoms with Crippen LogP contribution in [0.1, 0.15) is 40.5 Å². The third kappa shape index (κ3) is 5.49. The summed E-state index contributed by atoms with van der Waals surface area (Å²) in [6.45, 7) is 3.35. The summed E-state index contributed by atoms with van der Waals surface area (Å²) in [6, 6.07) is 14.0. The lowest BCUT2D eigenvalue weighted by Gasteiger charge is -2.35. The Morgan fingerprint density at radius 3 is 2.52 bits per heavy atom. The minimum absolute atomic E-state index is 0. The van der Waals surface area contributed by atoms with Crippen LogP contribution in [0.4, 0.5) is 5.69 Å². The van der Waals surface area contributed by atoms with Crippen molar-refractivity contribution in [3.05, 3.63) is 59.7 Å². The van der Waals surface area contributed by atoms with Crippen molar-refractivity contribution in [2.45, 2.75) is 25.8 Å². The molecule has 0 spiro atoms. The molecular formula is C22H28ClN3O3. The Morgan fingerprint density at radius 2 is 1.86 bits per heavy atom. The predicted octanol–water partition coefficient (Wildman–Crippen LogP) is 3.57. The highest BCUT2D eigenvalue weighted by atomic mass is 35.5. The molecule has 7 heteroatoms. The van der Waals surface area contributed by atoms with Crippen molar-refractivity contribution in [3.63, 3.8) is 0 Å². The molecule has 1 aliphatic heterocycles.